The summed E-state index contributed by atoms with van der Waals surface area (Å²) in [6, 6.07) is 12.6. The van der Waals surface area contributed by atoms with E-state index in [1.165, 1.54) is 0 Å². The van der Waals surface area contributed by atoms with Gasteiger partial charge in [0, 0.05) is 18.9 Å². The van der Waals surface area contributed by atoms with Gasteiger partial charge in [0.1, 0.15) is 12.4 Å². The number of rotatable bonds is 9. The summed E-state index contributed by atoms with van der Waals surface area (Å²) in [6.45, 7) is 4.01. The lowest BCUT2D eigenvalue weighted by molar-refractivity contribution is -0.137. The van der Waals surface area contributed by atoms with E-state index in [0.29, 0.717) is 30.6 Å². The first-order valence-electron chi connectivity index (χ1n) is 10.3. The molecule has 182 valence electrons. The Morgan fingerprint density at radius 1 is 0.971 bits per heavy atom. The van der Waals surface area contributed by atoms with Crippen molar-refractivity contribution >= 4 is 10.0 Å². The second-order valence-corrected chi connectivity index (χ2v) is 9.73. The highest BCUT2D eigenvalue weighted by Gasteiger charge is 2.33. The SMILES string of the molecule is COCCOc1cnccc1-c1cccc(C(C)(C)NS(=O)(=O)c2cccc(C(F)(F)F)c2)c1. The van der Waals surface area contributed by atoms with Crippen LogP contribution in [0.25, 0.3) is 11.1 Å². The number of sulfonamides is 1. The van der Waals surface area contributed by atoms with Gasteiger partial charge in [-0.2, -0.15) is 13.2 Å². The van der Waals surface area contributed by atoms with Crippen molar-refractivity contribution in [3.8, 4) is 16.9 Å². The van der Waals surface area contributed by atoms with Crippen LogP contribution in [0.15, 0.2) is 71.9 Å². The smallest absolute Gasteiger partial charge is 0.416 e. The van der Waals surface area contributed by atoms with E-state index in [-0.39, 0.29) is 0 Å². The molecule has 0 aliphatic rings. The van der Waals surface area contributed by atoms with Gasteiger partial charge in [0.15, 0.2) is 0 Å². The third kappa shape index (κ3) is 6.13. The number of hydrogen-bond acceptors (Lipinski definition) is 5. The van der Waals surface area contributed by atoms with Gasteiger partial charge in [-0.3, -0.25) is 4.98 Å². The van der Waals surface area contributed by atoms with Crippen LogP contribution in [0.4, 0.5) is 13.2 Å². The van der Waals surface area contributed by atoms with Gasteiger partial charge in [-0.05, 0) is 55.3 Å². The molecular weight excluding hydrogens is 469 g/mol. The Morgan fingerprint density at radius 3 is 2.38 bits per heavy atom. The summed E-state index contributed by atoms with van der Waals surface area (Å²) in [6.07, 6.45) is -1.45. The normalized spacial score (nSPS) is 12.5. The average molecular weight is 495 g/mol. The van der Waals surface area contributed by atoms with Crippen LogP contribution in [0.1, 0.15) is 25.0 Å². The van der Waals surface area contributed by atoms with E-state index in [9.17, 15) is 21.6 Å². The van der Waals surface area contributed by atoms with E-state index >= 15 is 0 Å². The number of alkyl halides is 3. The molecule has 2 aromatic carbocycles. The molecule has 34 heavy (non-hydrogen) atoms. The topological polar surface area (TPSA) is 77.5 Å². The predicted octanol–water partition coefficient (Wildman–Crippen LogP) is 5.01. The fourth-order valence-corrected chi connectivity index (χ4v) is 4.78. The minimum absolute atomic E-state index is 0.331. The fourth-order valence-electron chi connectivity index (χ4n) is 3.34. The summed E-state index contributed by atoms with van der Waals surface area (Å²) in [5.41, 5.74) is -0.0371. The van der Waals surface area contributed by atoms with Gasteiger partial charge in [-0.1, -0.05) is 24.3 Å². The molecular formula is C24H25F3N2O4S. The van der Waals surface area contributed by atoms with Gasteiger partial charge in [-0.15, -0.1) is 0 Å². The highest BCUT2D eigenvalue weighted by atomic mass is 32.2. The molecule has 0 spiro atoms. The fraction of sp³-hybridized carbons (Fsp3) is 0.292. The molecule has 0 aliphatic carbocycles. The van der Waals surface area contributed by atoms with Crippen molar-refractivity contribution in [2.24, 2.45) is 0 Å². The van der Waals surface area contributed by atoms with Crippen LogP contribution in [0.3, 0.4) is 0 Å². The van der Waals surface area contributed by atoms with Crippen molar-refractivity contribution < 1.29 is 31.1 Å². The van der Waals surface area contributed by atoms with Gasteiger partial charge in [0.25, 0.3) is 0 Å². The minimum Gasteiger partial charge on any atom is -0.489 e. The molecule has 0 radical (unpaired) electrons. The lowest BCUT2D eigenvalue weighted by Crippen LogP contribution is -2.41. The van der Waals surface area contributed by atoms with Crippen LogP contribution < -0.4 is 9.46 Å². The zero-order valence-electron chi connectivity index (χ0n) is 18.9. The molecule has 1 aromatic heterocycles. The Bertz CT molecular complexity index is 1240. The number of halogens is 3. The standard InChI is InChI=1S/C24H25F3N2O4S/c1-23(2,29-34(30,31)20-9-5-8-19(15-20)24(25,26)27)18-7-4-6-17(14-18)21-10-11-28-16-22(21)33-13-12-32-3/h4-11,14-16,29H,12-13H2,1-3H3. The zero-order chi connectivity index (χ0) is 25.0. The van der Waals surface area contributed by atoms with Crippen molar-refractivity contribution in [2.75, 3.05) is 20.3 Å². The molecule has 1 N–H and O–H groups in total. The Kier molecular flexibility index (Phi) is 7.64. The van der Waals surface area contributed by atoms with Crippen molar-refractivity contribution in [2.45, 2.75) is 30.5 Å². The molecule has 0 aliphatic heterocycles. The third-order valence-corrected chi connectivity index (χ3v) is 6.74. The van der Waals surface area contributed by atoms with Crippen molar-refractivity contribution in [1.82, 2.24) is 9.71 Å². The maximum atomic E-state index is 13.1. The van der Waals surface area contributed by atoms with Gasteiger partial charge in [0.05, 0.1) is 28.8 Å². The van der Waals surface area contributed by atoms with Gasteiger partial charge in [-0.25, -0.2) is 13.1 Å². The first-order valence-corrected chi connectivity index (χ1v) is 11.8. The van der Waals surface area contributed by atoms with E-state index in [1.807, 2.05) is 6.07 Å². The average Bonchev–Trinajstić information content (AvgIpc) is 2.78. The summed E-state index contributed by atoms with van der Waals surface area (Å²) in [5.74, 6) is 0.541. The van der Waals surface area contributed by atoms with Crippen LogP contribution in [0, 0.1) is 0 Å². The number of pyridine rings is 1. The molecule has 1 heterocycles. The number of aromatic nitrogens is 1. The first-order chi connectivity index (χ1) is 15.9. The summed E-state index contributed by atoms with van der Waals surface area (Å²) in [4.78, 5) is 3.63. The highest BCUT2D eigenvalue weighted by Crippen LogP contribution is 2.34. The summed E-state index contributed by atoms with van der Waals surface area (Å²) >= 11 is 0. The summed E-state index contributed by atoms with van der Waals surface area (Å²) in [7, 11) is -2.68. The van der Waals surface area contributed by atoms with Crippen LogP contribution in [0.2, 0.25) is 0 Å². The molecule has 10 heteroatoms. The van der Waals surface area contributed by atoms with Crippen molar-refractivity contribution in [1.29, 1.82) is 0 Å². The van der Waals surface area contributed by atoms with Crippen LogP contribution in [-0.4, -0.2) is 33.7 Å². The zero-order valence-corrected chi connectivity index (χ0v) is 19.7. The molecule has 3 rings (SSSR count). The Morgan fingerprint density at radius 2 is 1.68 bits per heavy atom. The minimum atomic E-state index is -4.65. The number of ether oxygens (including phenoxy) is 2. The molecule has 0 bridgehead atoms. The second-order valence-electron chi connectivity index (χ2n) is 8.05. The molecule has 0 atom stereocenters. The van der Waals surface area contributed by atoms with Crippen LogP contribution >= 0.6 is 0 Å². The highest BCUT2D eigenvalue weighted by molar-refractivity contribution is 7.89. The lowest BCUT2D eigenvalue weighted by Gasteiger charge is -2.27. The van der Waals surface area contributed by atoms with E-state index in [4.69, 9.17) is 9.47 Å². The van der Waals surface area contributed by atoms with Crippen molar-refractivity contribution in [3.63, 3.8) is 0 Å². The Balaban J connectivity index is 1.91. The van der Waals surface area contributed by atoms with E-state index in [2.05, 4.69) is 9.71 Å². The molecule has 0 fully saturated rings. The number of hydrogen-bond donors (Lipinski definition) is 1. The number of benzene rings is 2. The molecule has 6 nitrogen and oxygen atoms in total. The third-order valence-electron chi connectivity index (χ3n) is 5.09. The molecule has 0 saturated carbocycles. The lowest BCUT2D eigenvalue weighted by atomic mass is 9.92. The molecule has 0 amide bonds. The van der Waals surface area contributed by atoms with E-state index < -0.39 is 32.2 Å². The molecule has 0 saturated heterocycles. The molecule has 0 unspecified atom stereocenters. The summed E-state index contributed by atoms with van der Waals surface area (Å²) in [5, 5.41) is 0. The van der Waals surface area contributed by atoms with Crippen molar-refractivity contribution in [3.05, 3.63) is 78.1 Å². The number of nitrogens with zero attached hydrogens (tertiary/aromatic N) is 1. The van der Waals surface area contributed by atoms with Crippen LogP contribution in [0.5, 0.6) is 5.75 Å². The van der Waals surface area contributed by atoms with Gasteiger partial charge < -0.3 is 9.47 Å². The van der Waals surface area contributed by atoms with Gasteiger partial charge >= 0.3 is 6.18 Å². The Labute approximate surface area is 196 Å². The second kappa shape index (κ2) is 10.1. The number of nitrogens with one attached hydrogen (secondary N) is 1. The predicted molar refractivity (Wildman–Crippen MR) is 122 cm³/mol. The Hall–Kier alpha value is -2.95. The van der Waals surface area contributed by atoms with E-state index in [1.54, 1.807) is 57.6 Å². The maximum Gasteiger partial charge on any atom is 0.416 e. The van der Waals surface area contributed by atoms with Crippen LogP contribution in [-0.2, 0) is 26.5 Å². The van der Waals surface area contributed by atoms with Gasteiger partial charge in [0.2, 0.25) is 10.0 Å². The molecule has 3 aromatic rings. The largest absolute Gasteiger partial charge is 0.489 e. The number of methoxy groups -OCH3 is 1. The quantitative estimate of drug-likeness (QED) is 0.424. The maximum absolute atomic E-state index is 13.1. The monoisotopic (exact) mass is 494 g/mol. The summed E-state index contributed by atoms with van der Waals surface area (Å²) < 4.78 is 78.3. The first kappa shape index (κ1) is 25.7. The van der Waals surface area contributed by atoms with E-state index in [0.717, 1.165) is 29.3 Å².